The summed E-state index contributed by atoms with van der Waals surface area (Å²) in [5.74, 6) is -9.34. The van der Waals surface area contributed by atoms with E-state index in [-0.39, 0.29) is 29.4 Å². The lowest BCUT2D eigenvalue weighted by atomic mass is 9.91. The third-order valence-corrected chi connectivity index (χ3v) is 8.06. The molecule has 10 nitrogen and oxygen atoms in total. The van der Waals surface area contributed by atoms with Gasteiger partial charge in [-0.15, -0.1) is 0 Å². The first-order chi connectivity index (χ1) is 27.2. The molecule has 0 fully saturated rings. The molecule has 1 unspecified atom stereocenters. The minimum Gasteiger partial charge on any atom is -0.482 e. The first-order valence-corrected chi connectivity index (χ1v) is 18.3. The zero-order chi connectivity index (χ0) is 45.1. The maximum absolute atomic E-state index is 13.1. The zero-order valence-electron chi connectivity index (χ0n) is 33.0. The van der Waals surface area contributed by atoms with E-state index in [0.717, 1.165) is 0 Å². The van der Waals surface area contributed by atoms with Crippen molar-refractivity contribution in [2.75, 3.05) is 26.4 Å². The van der Waals surface area contributed by atoms with E-state index in [1.54, 1.807) is 20.8 Å². The van der Waals surface area contributed by atoms with Crippen LogP contribution in [0.15, 0.2) is 48.5 Å². The molecule has 2 aromatic rings. The van der Waals surface area contributed by atoms with Gasteiger partial charge in [-0.2, -0.15) is 26.3 Å². The van der Waals surface area contributed by atoms with Crippen LogP contribution in [0.4, 0.5) is 43.9 Å². The number of rotatable bonds is 22. The molecule has 0 radical (unpaired) electrons. The van der Waals surface area contributed by atoms with Crippen LogP contribution in [0.3, 0.4) is 0 Å². The second kappa shape index (κ2) is 23.7. The molecule has 0 saturated heterocycles. The van der Waals surface area contributed by atoms with E-state index >= 15 is 0 Å². The molecule has 0 aliphatic rings. The number of ether oxygens (including phenoxy) is 6. The van der Waals surface area contributed by atoms with Crippen molar-refractivity contribution in [2.45, 2.75) is 110 Å². The minimum absolute atomic E-state index is 0.242. The van der Waals surface area contributed by atoms with Crippen molar-refractivity contribution in [3.8, 4) is 23.0 Å². The smallest absolute Gasteiger partial charge is 0.394 e. The molecule has 0 amide bonds. The van der Waals surface area contributed by atoms with Crippen molar-refractivity contribution in [3.63, 3.8) is 0 Å². The van der Waals surface area contributed by atoms with E-state index in [9.17, 15) is 63.1 Å². The van der Waals surface area contributed by atoms with Gasteiger partial charge in [0.2, 0.25) is 0 Å². The Hall–Kier alpha value is -4.78. The summed E-state index contributed by atoms with van der Waals surface area (Å²) in [6, 6.07) is 11.8. The molecule has 0 aliphatic heterocycles. The van der Waals surface area contributed by atoms with Crippen LogP contribution in [-0.4, -0.2) is 74.5 Å². The summed E-state index contributed by atoms with van der Waals surface area (Å²) in [6.07, 6.45) is -16.0. The van der Waals surface area contributed by atoms with E-state index in [4.69, 9.17) is 18.9 Å². The number of benzene rings is 2. The molecule has 59 heavy (non-hydrogen) atoms. The average Bonchev–Trinajstić information content (AvgIpc) is 3.12. The van der Waals surface area contributed by atoms with E-state index in [2.05, 4.69) is 9.47 Å². The maximum Gasteiger partial charge on any atom is 0.394 e. The van der Waals surface area contributed by atoms with Crippen LogP contribution in [0.1, 0.15) is 86.0 Å². The lowest BCUT2D eigenvalue weighted by molar-refractivity contribution is -0.191. The second-order valence-corrected chi connectivity index (χ2v) is 13.8. The summed E-state index contributed by atoms with van der Waals surface area (Å²) in [6.45, 7) is 7.07. The molecule has 2 rings (SSSR count). The lowest BCUT2D eigenvalue weighted by Gasteiger charge is -2.20. The number of alkyl halides is 10. The van der Waals surface area contributed by atoms with E-state index in [1.165, 1.54) is 48.5 Å². The van der Waals surface area contributed by atoms with Crippen LogP contribution < -0.4 is 18.9 Å². The molecule has 0 saturated carbocycles. The van der Waals surface area contributed by atoms with E-state index in [1.807, 2.05) is 13.8 Å². The monoisotopic (exact) mass is 866 g/mol. The topological polar surface area (TPSA) is 124 Å². The summed E-state index contributed by atoms with van der Waals surface area (Å²) >= 11 is 0. The Bertz CT molecular complexity index is 1590. The summed E-state index contributed by atoms with van der Waals surface area (Å²) < 4.78 is 154. The molecule has 0 N–H and O–H groups in total. The van der Waals surface area contributed by atoms with Gasteiger partial charge in [0.25, 0.3) is 11.8 Å². The SMILES string of the molecule is CCC(C)(C)C(=O)Oc1ccc(OCC(=O)OCCCC(F)(F)CC(F)(F)F)cc1.CCC(C)C(=O)Oc1ccc(OCC(=O)OCCCC(F)(F)CC(F)(F)F)cc1. The highest BCUT2D eigenvalue weighted by atomic mass is 19.4. The number of carbonyl (C=O) groups is 4. The molecule has 0 aromatic heterocycles. The number of hydrogen-bond donors (Lipinski definition) is 0. The normalized spacial score (nSPS) is 12.7. The van der Waals surface area contributed by atoms with E-state index < -0.39 is 107 Å². The summed E-state index contributed by atoms with van der Waals surface area (Å²) in [4.78, 5) is 46.7. The molecule has 0 heterocycles. The fraction of sp³-hybridized carbons (Fsp3) is 0.590. The Morgan fingerprint density at radius 3 is 1.27 bits per heavy atom. The molecule has 334 valence electrons. The first-order valence-electron chi connectivity index (χ1n) is 18.3. The van der Waals surface area contributed by atoms with Gasteiger partial charge >= 0.3 is 36.2 Å². The molecule has 0 spiro atoms. The standard InChI is InChI=1S/C20H25F5O5.C19H23F5O5/c1-4-18(2,3)17(27)30-15-8-6-14(7-9-15)29-12-16(26)28-11-5-10-19(21,22)13-20(23,24)25;1-3-13(2)17(26)29-15-7-5-14(6-8-15)28-11-16(25)27-10-4-9-18(20,21)12-19(22,23)24/h6-9H,4-5,10-13H2,1-3H3;5-8,13H,3-4,9-12H2,1-2H3. The maximum atomic E-state index is 13.1. The first kappa shape index (κ1) is 52.2. The zero-order valence-corrected chi connectivity index (χ0v) is 33.0. The fourth-order valence-corrected chi connectivity index (χ4v) is 4.15. The van der Waals surface area contributed by atoms with Crippen molar-refractivity contribution in [1.29, 1.82) is 0 Å². The summed E-state index contributed by atoms with van der Waals surface area (Å²) in [5.41, 5.74) is -0.629. The van der Waals surface area contributed by atoms with Crippen molar-refractivity contribution in [2.24, 2.45) is 11.3 Å². The van der Waals surface area contributed by atoms with Crippen LogP contribution in [0.5, 0.6) is 23.0 Å². The Morgan fingerprint density at radius 2 is 0.932 bits per heavy atom. The molecular weight excluding hydrogens is 818 g/mol. The Morgan fingerprint density at radius 1 is 0.576 bits per heavy atom. The second-order valence-electron chi connectivity index (χ2n) is 13.8. The largest absolute Gasteiger partial charge is 0.482 e. The summed E-state index contributed by atoms with van der Waals surface area (Å²) in [5, 5.41) is 0. The number of esters is 4. The highest BCUT2D eigenvalue weighted by Crippen LogP contribution is 2.35. The molecular formula is C39H48F10O10. The van der Waals surface area contributed by atoms with Crippen LogP contribution in [0, 0.1) is 11.3 Å². The molecule has 1 atom stereocenters. The van der Waals surface area contributed by atoms with Gasteiger partial charge in [0, 0.05) is 12.8 Å². The number of hydrogen-bond acceptors (Lipinski definition) is 10. The van der Waals surface area contributed by atoms with Crippen molar-refractivity contribution >= 4 is 23.9 Å². The Labute approximate surface area is 334 Å². The molecule has 2 aromatic carbocycles. The van der Waals surface area contributed by atoms with Gasteiger partial charge < -0.3 is 28.4 Å². The van der Waals surface area contributed by atoms with E-state index in [0.29, 0.717) is 24.3 Å². The van der Waals surface area contributed by atoms with Crippen LogP contribution >= 0.6 is 0 Å². The number of halogens is 10. The molecule has 0 aliphatic carbocycles. The van der Waals surface area contributed by atoms with Gasteiger partial charge in [0.15, 0.2) is 13.2 Å². The third-order valence-electron chi connectivity index (χ3n) is 8.06. The van der Waals surface area contributed by atoms with Gasteiger partial charge in [0.1, 0.15) is 35.8 Å². The van der Waals surface area contributed by atoms with Gasteiger partial charge in [-0.05, 0) is 88.1 Å². The molecule has 0 bridgehead atoms. The third kappa shape index (κ3) is 24.0. The van der Waals surface area contributed by atoms with Gasteiger partial charge in [0.05, 0.1) is 24.5 Å². The van der Waals surface area contributed by atoms with Crippen molar-refractivity contribution in [1.82, 2.24) is 0 Å². The van der Waals surface area contributed by atoms with Crippen LogP contribution in [0.25, 0.3) is 0 Å². The van der Waals surface area contributed by atoms with Crippen molar-refractivity contribution in [3.05, 3.63) is 48.5 Å². The number of carbonyl (C=O) groups excluding carboxylic acids is 4. The predicted octanol–water partition coefficient (Wildman–Crippen LogP) is 10.2. The highest BCUT2D eigenvalue weighted by molar-refractivity contribution is 5.78. The Balaban J connectivity index is 0.000000590. The molecule has 20 heteroatoms. The van der Waals surface area contributed by atoms with Crippen LogP contribution in [-0.2, 0) is 28.7 Å². The van der Waals surface area contributed by atoms with Crippen LogP contribution in [0.2, 0.25) is 0 Å². The minimum atomic E-state index is -4.96. The van der Waals surface area contributed by atoms with Gasteiger partial charge in [-0.3, -0.25) is 9.59 Å². The average molecular weight is 867 g/mol. The fourth-order valence-electron chi connectivity index (χ4n) is 4.15. The quantitative estimate of drug-likeness (QED) is 0.0489. The Kier molecular flexibility index (Phi) is 21.0. The lowest BCUT2D eigenvalue weighted by Crippen LogP contribution is -2.28. The predicted molar refractivity (Wildman–Crippen MR) is 190 cm³/mol. The van der Waals surface area contributed by atoms with Gasteiger partial charge in [-0.1, -0.05) is 20.8 Å². The van der Waals surface area contributed by atoms with Gasteiger partial charge in [-0.25, -0.2) is 27.2 Å². The summed E-state index contributed by atoms with van der Waals surface area (Å²) in [7, 11) is 0. The highest BCUT2D eigenvalue weighted by Gasteiger charge is 2.44. The van der Waals surface area contributed by atoms with Crippen molar-refractivity contribution < 1.29 is 91.5 Å².